The van der Waals surface area contributed by atoms with E-state index >= 15 is 0 Å². The fourth-order valence-electron chi connectivity index (χ4n) is 12.0. The van der Waals surface area contributed by atoms with Crippen molar-refractivity contribution in [2.75, 3.05) is 9.80 Å². The Labute approximate surface area is 422 Å². The molecule has 2 nitrogen and oxygen atoms in total. The third-order valence-electron chi connectivity index (χ3n) is 15.8. The molecule has 12 rings (SSSR count). The van der Waals surface area contributed by atoms with Gasteiger partial charge in [-0.2, -0.15) is 0 Å². The maximum Gasteiger partial charge on any atom is 0.252 e. The second-order valence-electron chi connectivity index (χ2n) is 22.4. The molecule has 0 radical (unpaired) electrons. The zero-order chi connectivity index (χ0) is 48.4. The highest BCUT2D eigenvalue weighted by molar-refractivity contribution is 7.00. The first-order valence-electron chi connectivity index (χ1n) is 26.1. The van der Waals surface area contributed by atoms with Crippen molar-refractivity contribution in [2.24, 2.45) is 0 Å². The van der Waals surface area contributed by atoms with Crippen LogP contribution in [0.3, 0.4) is 0 Å². The van der Waals surface area contributed by atoms with Gasteiger partial charge in [0.15, 0.2) is 0 Å². The third-order valence-corrected chi connectivity index (χ3v) is 15.8. The summed E-state index contributed by atoms with van der Waals surface area (Å²) in [5.41, 5.74) is 25.5. The number of nitrogens with zero attached hydrogens (tertiary/aromatic N) is 2. The monoisotopic (exact) mass is 919 g/mol. The average molecular weight is 919 g/mol. The van der Waals surface area contributed by atoms with Gasteiger partial charge in [-0.25, -0.2) is 0 Å². The molecule has 9 aromatic carbocycles. The maximum absolute atomic E-state index is 2.65. The first-order chi connectivity index (χ1) is 34.5. The van der Waals surface area contributed by atoms with Gasteiger partial charge >= 0.3 is 0 Å². The van der Waals surface area contributed by atoms with Crippen molar-refractivity contribution in [1.82, 2.24) is 0 Å². The molecule has 348 valence electrons. The van der Waals surface area contributed by atoms with E-state index in [0.29, 0.717) is 5.92 Å². The molecule has 0 atom stereocenters. The van der Waals surface area contributed by atoms with Crippen molar-refractivity contribution in [3.63, 3.8) is 0 Å². The van der Waals surface area contributed by atoms with E-state index in [1.807, 2.05) is 0 Å². The molecule has 3 heteroatoms. The van der Waals surface area contributed by atoms with Crippen molar-refractivity contribution < 1.29 is 0 Å². The number of rotatable bonds is 7. The van der Waals surface area contributed by atoms with Crippen molar-refractivity contribution in [2.45, 2.75) is 90.4 Å². The summed E-state index contributed by atoms with van der Waals surface area (Å²) in [5.74, 6) is 0.483. The molecule has 0 spiro atoms. The lowest BCUT2D eigenvalue weighted by molar-refractivity contribution is 0.444. The van der Waals surface area contributed by atoms with E-state index in [0.717, 1.165) is 0 Å². The number of para-hydroxylation sites is 2. The molecule has 9 aromatic rings. The number of anilines is 6. The minimum Gasteiger partial charge on any atom is -0.311 e. The molecule has 71 heavy (non-hydrogen) atoms. The van der Waals surface area contributed by atoms with Crippen LogP contribution in [0.1, 0.15) is 96.3 Å². The van der Waals surface area contributed by atoms with Crippen molar-refractivity contribution >= 4 is 57.2 Å². The van der Waals surface area contributed by atoms with E-state index < -0.39 is 0 Å². The number of hydrogen-bond donors (Lipinski definition) is 0. The fraction of sp³-hybridized carbons (Fsp3) is 0.206. The largest absolute Gasteiger partial charge is 0.311 e. The summed E-state index contributed by atoms with van der Waals surface area (Å²) >= 11 is 0. The Morgan fingerprint density at radius 3 is 1.17 bits per heavy atom. The Bertz CT molecular complexity index is 3190. The lowest BCUT2D eigenvalue weighted by atomic mass is 9.33. The summed E-state index contributed by atoms with van der Waals surface area (Å²) in [6.07, 6.45) is 6.27. The normalized spacial score (nSPS) is 14.5. The van der Waals surface area contributed by atoms with Crippen LogP contribution in [-0.2, 0) is 10.8 Å². The molecule has 0 bridgehead atoms. The standard InChI is InChI=1S/C68H63BN2/c1-67(2,3)54-36-30-49(31-37-54)56-26-16-18-28-60(56)70-62-40-34-51(46-20-10-7-11-21-46)42-58(62)69-59-43-52(47-22-12-8-13-23-47)35-41-63(59)71(65-45-53(44-64(70)66(65)69)48-24-14-9-15-25-48)61-29-19-17-27-57(61)50-32-38-55(39-33-50)68(4,5)6/h7-8,10-13,16-23,26-45,48H,9,14-15,24-25H2,1-6H3. The Hall–Kier alpha value is -7.36. The molecule has 0 N–H and O–H groups in total. The van der Waals surface area contributed by atoms with E-state index in [1.165, 1.54) is 144 Å². The van der Waals surface area contributed by atoms with Crippen LogP contribution >= 0.6 is 0 Å². The van der Waals surface area contributed by atoms with Gasteiger partial charge in [0.25, 0.3) is 6.71 Å². The molecule has 0 unspecified atom stereocenters. The molecule has 1 aliphatic carbocycles. The summed E-state index contributed by atoms with van der Waals surface area (Å²) in [6.45, 7) is 13.8. The number of benzene rings is 9. The minimum atomic E-state index is -0.0401. The van der Waals surface area contributed by atoms with Gasteiger partial charge in [-0.05, 0) is 132 Å². The molecule has 2 aliphatic heterocycles. The minimum absolute atomic E-state index is 0.0401. The topological polar surface area (TPSA) is 6.48 Å². The molecule has 1 fully saturated rings. The summed E-state index contributed by atoms with van der Waals surface area (Å²) in [4.78, 5) is 5.31. The van der Waals surface area contributed by atoms with Gasteiger partial charge in [0.2, 0.25) is 0 Å². The molecule has 1 saturated carbocycles. The zero-order valence-electron chi connectivity index (χ0n) is 42.2. The van der Waals surface area contributed by atoms with Gasteiger partial charge < -0.3 is 9.80 Å². The molecule has 3 aliphatic rings. The average Bonchev–Trinajstić information content (AvgIpc) is 3.41. The summed E-state index contributed by atoms with van der Waals surface area (Å²) < 4.78 is 0. The molecule has 2 heterocycles. The van der Waals surface area contributed by atoms with E-state index in [4.69, 9.17) is 0 Å². The summed E-state index contributed by atoms with van der Waals surface area (Å²) in [7, 11) is 0. The quantitative estimate of drug-likeness (QED) is 0.147. The van der Waals surface area contributed by atoms with Crippen LogP contribution in [-0.4, -0.2) is 6.71 Å². The first-order valence-corrected chi connectivity index (χ1v) is 26.1. The highest BCUT2D eigenvalue weighted by Gasteiger charge is 2.45. The predicted molar refractivity (Wildman–Crippen MR) is 305 cm³/mol. The van der Waals surface area contributed by atoms with Crippen molar-refractivity contribution in [3.05, 3.63) is 223 Å². The van der Waals surface area contributed by atoms with Crippen molar-refractivity contribution in [1.29, 1.82) is 0 Å². The Balaban J connectivity index is 1.17. The number of hydrogen-bond acceptors (Lipinski definition) is 2. The van der Waals surface area contributed by atoms with E-state index in [9.17, 15) is 0 Å². The van der Waals surface area contributed by atoms with Gasteiger partial charge in [-0.1, -0.05) is 231 Å². The van der Waals surface area contributed by atoms with Gasteiger partial charge in [0.05, 0.1) is 11.4 Å². The molecular formula is C68H63BN2. The van der Waals surface area contributed by atoms with Crippen LogP contribution in [0.5, 0.6) is 0 Å². The summed E-state index contributed by atoms with van der Waals surface area (Å²) in [5, 5.41) is 0. The van der Waals surface area contributed by atoms with Gasteiger partial charge in [-0.15, -0.1) is 0 Å². The van der Waals surface area contributed by atoms with Crippen LogP contribution < -0.4 is 26.2 Å². The Kier molecular flexibility index (Phi) is 11.2. The lowest BCUT2D eigenvalue weighted by Crippen LogP contribution is -2.61. The smallest absolute Gasteiger partial charge is 0.252 e. The Morgan fingerprint density at radius 1 is 0.352 bits per heavy atom. The van der Waals surface area contributed by atoms with Crippen LogP contribution in [0.4, 0.5) is 34.1 Å². The molecule has 0 saturated heterocycles. The van der Waals surface area contributed by atoms with Gasteiger partial charge in [-0.3, -0.25) is 0 Å². The van der Waals surface area contributed by atoms with E-state index in [1.54, 1.807) is 0 Å². The molecule has 0 aromatic heterocycles. The molecule has 0 amide bonds. The van der Waals surface area contributed by atoms with E-state index in [2.05, 4.69) is 258 Å². The van der Waals surface area contributed by atoms with Crippen LogP contribution in [0, 0.1) is 0 Å². The highest BCUT2D eigenvalue weighted by atomic mass is 15.2. The van der Waals surface area contributed by atoms with E-state index in [-0.39, 0.29) is 17.5 Å². The van der Waals surface area contributed by atoms with Gasteiger partial charge in [0.1, 0.15) is 0 Å². The second-order valence-corrected chi connectivity index (χ2v) is 22.4. The third kappa shape index (κ3) is 8.10. The van der Waals surface area contributed by atoms with Crippen LogP contribution in [0.15, 0.2) is 206 Å². The fourth-order valence-corrected chi connectivity index (χ4v) is 12.0. The van der Waals surface area contributed by atoms with Crippen LogP contribution in [0.25, 0.3) is 44.5 Å². The highest BCUT2D eigenvalue weighted by Crippen LogP contribution is 2.50. The van der Waals surface area contributed by atoms with Crippen molar-refractivity contribution in [3.8, 4) is 44.5 Å². The summed E-state index contributed by atoms with van der Waals surface area (Å²) in [6, 6.07) is 78.7. The molecular weight excluding hydrogens is 856 g/mol. The first kappa shape index (κ1) is 44.8. The predicted octanol–water partition coefficient (Wildman–Crippen LogP) is 17.1. The maximum atomic E-state index is 2.65. The SMILES string of the molecule is CC(C)(C)c1ccc(-c2ccccc2N2c3ccc(-c4ccccc4)cc3B3c4cc(-c5ccccc5)ccc4N(c4ccccc4-c4ccc(C(C)(C)C)cc4)c4cc(C5CCCCC5)cc2c43)cc1. The Morgan fingerprint density at radius 2 is 0.746 bits per heavy atom. The van der Waals surface area contributed by atoms with Gasteiger partial charge in [0, 0.05) is 33.9 Å². The zero-order valence-corrected chi connectivity index (χ0v) is 42.2. The second kappa shape index (κ2) is 17.8. The number of fused-ring (bicyclic) bond motifs is 4. The lowest BCUT2D eigenvalue weighted by Gasteiger charge is -2.45. The van der Waals surface area contributed by atoms with Crippen LogP contribution in [0.2, 0.25) is 0 Å².